The van der Waals surface area contributed by atoms with Crippen LogP contribution in [0.1, 0.15) is 10.4 Å². The van der Waals surface area contributed by atoms with Crippen LogP contribution < -0.4 is 26.2 Å². The summed E-state index contributed by atoms with van der Waals surface area (Å²) in [5.74, 6) is -0.471. The first kappa shape index (κ1) is 29.8. The van der Waals surface area contributed by atoms with E-state index in [9.17, 15) is 9.59 Å². The van der Waals surface area contributed by atoms with Crippen LogP contribution in [0.2, 0.25) is 10.0 Å². The van der Waals surface area contributed by atoms with Crippen molar-refractivity contribution in [3.8, 4) is 0 Å². The van der Waals surface area contributed by atoms with Crippen LogP contribution in [-0.4, -0.2) is 59.9 Å². The van der Waals surface area contributed by atoms with Gasteiger partial charge in [0.05, 0.1) is 27.1 Å². The zero-order valence-electron chi connectivity index (χ0n) is 23.4. The lowest BCUT2D eigenvalue weighted by Gasteiger charge is -2.34. The summed E-state index contributed by atoms with van der Waals surface area (Å²) in [6.45, 7) is 7.49. The van der Waals surface area contributed by atoms with Crippen LogP contribution in [-0.2, 0) is 4.79 Å². The topological polar surface area (TPSA) is 115 Å². The number of halogens is 2. The molecule has 220 valence electrons. The monoisotopic (exact) mass is 616 g/mol. The SMILES string of the molecule is C=CC(=O)Nc1ccccc1Nc1nc(Nc2ccc(N3CCN(C)CC3)cc2)ncc1C(=O)Nc1c(Cl)cccc1Cl. The van der Waals surface area contributed by atoms with Crippen molar-refractivity contribution in [2.24, 2.45) is 0 Å². The molecule has 1 aromatic heterocycles. The van der Waals surface area contributed by atoms with E-state index in [0.29, 0.717) is 11.4 Å². The Hall–Kier alpha value is -4.64. The van der Waals surface area contributed by atoms with E-state index in [4.69, 9.17) is 23.2 Å². The molecule has 0 bridgehead atoms. The van der Waals surface area contributed by atoms with E-state index < -0.39 is 5.91 Å². The molecule has 0 radical (unpaired) electrons. The van der Waals surface area contributed by atoms with E-state index in [1.807, 2.05) is 12.1 Å². The number of hydrogen-bond donors (Lipinski definition) is 4. The summed E-state index contributed by atoms with van der Waals surface area (Å²) in [4.78, 5) is 39.2. The number of anilines is 7. The molecule has 1 aliphatic heterocycles. The smallest absolute Gasteiger partial charge is 0.261 e. The minimum Gasteiger partial charge on any atom is -0.369 e. The molecule has 1 fully saturated rings. The van der Waals surface area contributed by atoms with Gasteiger partial charge < -0.3 is 31.1 Å². The number of hydrogen-bond acceptors (Lipinski definition) is 8. The molecule has 12 heteroatoms. The van der Waals surface area contributed by atoms with E-state index in [2.05, 4.69) is 66.8 Å². The number of carbonyl (C=O) groups is 2. The molecule has 0 saturated carbocycles. The standard InChI is InChI=1S/C31H30Cl2N8O2/c1-3-27(42)36-25-9-4-5-10-26(25)37-29-22(30(43)38-28-23(32)7-6-8-24(28)33)19-34-31(39-29)35-20-11-13-21(14-12-20)41-17-15-40(2)16-18-41/h3-14,19H,1,15-18H2,2H3,(H,36,42)(H,38,43)(H2,34,35,37,39). The second-order valence-corrected chi connectivity index (χ2v) is 10.6. The second kappa shape index (κ2) is 13.6. The molecule has 4 aromatic rings. The van der Waals surface area contributed by atoms with E-state index in [0.717, 1.165) is 37.6 Å². The van der Waals surface area contributed by atoms with Gasteiger partial charge in [-0.25, -0.2) is 4.98 Å². The fourth-order valence-electron chi connectivity index (χ4n) is 4.46. The van der Waals surface area contributed by atoms with Crippen molar-refractivity contribution >= 4 is 75.2 Å². The van der Waals surface area contributed by atoms with Crippen molar-refractivity contribution in [3.05, 3.63) is 101 Å². The van der Waals surface area contributed by atoms with Crippen molar-refractivity contribution in [1.29, 1.82) is 0 Å². The number of carbonyl (C=O) groups excluding carboxylic acids is 2. The summed E-state index contributed by atoms with van der Waals surface area (Å²) in [7, 11) is 2.13. The van der Waals surface area contributed by atoms with Crippen molar-refractivity contribution in [1.82, 2.24) is 14.9 Å². The number of piperazine rings is 1. The van der Waals surface area contributed by atoms with Crippen molar-refractivity contribution < 1.29 is 9.59 Å². The molecule has 43 heavy (non-hydrogen) atoms. The molecule has 10 nitrogen and oxygen atoms in total. The minimum absolute atomic E-state index is 0.122. The second-order valence-electron chi connectivity index (χ2n) is 9.83. The average molecular weight is 618 g/mol. The molecule has 0 atom stereocenters. The van der Waals surface area contributed by atoms with Gasteiger partial charge in [-0.1, -0.05) is 48.0 Å². The van der Waals surface area contributed by atoms with Crippen molar-refractivity contribution in [3.63, 3.8) is 0 Å². The maximum Gasteiger partial charge on any atom is 0.261 e. The van der Waals surface area contributed by atoms with Gasteiger partial charge in [0.1, 0.15) is 11.4 Å². The number of benzene rings is 3. The Morgan fingerprint density at radius 1 is 0.860 bits per heavy atom. The number of rotatable bonds is 9. The summed E-state index contributed by atoms with van der Waals surface area (Å²) >= 11 is 12.6. The summed E-state index contributed by atoms with van der Waals surface area (Å²) in [6, 6.07) is 20.0. The zero-order chi connectivity index (χ0) is 30.3. The molecule has 3 aromatic carbocycles. The highest BCUT2D eigenvalue weighted by Gasteiger charge is 2.20. The highest BCUT2D eigenvalue weighted by Crippen LogP contribution is 2.32. The Labute approximate surface area is 259 Å². The molecule has 1 saturated heterocycles. The Morgan fingerprint density at radius 3 is 2.21 bits per heavy atom. The molecule has 1 aliphatic rings. The van der Waals surface area contributed by atoms with E-state index in [-0.39, 0.29) is 39.0 Å². The zero-order valence-corrected chi connectivity index (χ0v) is 24.9. The predicted octanol–water partition coefficient (Wildman–Crippen LogP) is 6.40. The maximum absolute atomic E-state index is 13.5. The van der Waals surface area contributed by atoms with Crippen LogP contribution in [0.3, 0.4) is 0 Å². The van der Waals surface area contributed by atoms with E-state index in [1.54, 1.807) is 42.5 Å². The van der Waals surface area contributed by atoms with E-state index in [1.165, 1.54) is 12.3 Å². The Balaban J connectivity index is 1.43. The summed E-state index contributed by atoms with van der Waals surface area (Å²) in [5, 5.41) is 12.5. The number of aromatic nitrogens is 2. The van der Waals surface area contributed by atoms with Crippen LogP contribution in [0.15, 0.2) is 85.6 Å². The summed E-state index contributed by atoms with van der Waals surface area (Å²) in [5.41, 5.74) is 3.29. The largest absolute Gasteiger partial charge is 0.369 e. The highest BCUT2D eigenvalue weighted by molar-refractivity contribution is 6.40. The third-order valence-corrected chi connectivity index (χ3v) is 7.48. The molecule has 2 heterocycles. The van der Waals surface area contributed by atoms with Gasteiger partial charge in [0, 0.05) is 43.8 Å². The lowest BCUT2D eigenvalue weighted by atomic mass is 10.2. The van der Waals surface area contributed by atoms with Crippen LogP contribution in [0.4, 0.5) is 40.2 Å². The Kier molecular flexibility index (Phi) is 9.41. The van der Waals surface area contributed by atoms with Gasteiger partial charge in [-0.05, 0) is 61.7 Å². The van der Waals surface area contributed by atoms with Crippen LogP contribution in [0.5, 0.6) is 0 Å². The first-order chi connectivity index (χ1) is 20.8. The highest BCUT2D eigenvalue weighted by atomic mass is 35.5. The van der Waals surface area contributed by atoms with Crippen molar-refractivity contribution in [2.75, 3.05) is 59.4 Å². The van der Waals surface area contributed by atoms with Crippen LogP contribution >= 0.6 is 23.2 Å². The number of para-hydroxylation sites is 3. The van der Waals surface area contributed by atoms with Gasteiger partial charge in [-0.15, -0.1) is 0 Å². The van der Waals surface area contributed by atoms with Gasteiger partial charge in [-0.2, -0.15) is 4.98 Å². The van der Waals surface area contributed by atoms with Crippen LogP contribution in [0.25, 0.3) is 0 Å². The first-order valence-electron chi connectivity index (χ1n) is 13.5. The number of likely N-dealkylation sites (N-methyl/N-ethyl adjacent to an activating group) is 1. The Morgan fingerprint density at radius 2 is 1.53 bits per heavy atom. The fourth-order valence-corrected chi connectivity index (χ4v) is 4.96. The lowest BCUT2D eigenvalue weighted by Crippen LogP contribution is -2.44. The van der Waals surface area contributed by atoms with Crippen LogP contribution in [0, 0.1) is 0 Å². The number of amides is 2. The first-order valence-corrected chi connectivity index (χ1v) is 14.3. The van der Waals surface area contributed by atoms with Gasteiger partial charge in [-0.3, -0.25) is 9.59 Å². The van der Waals surface area contributed by atoms with Gasteiger partial charge in [0.15, 0.2) is 0 Å². The third-order valence-electron chi connectivity index (χ3n) is 6.85. The molecule has 0 aliphatic carbocycles. The average Bonchev–Trinajstić information content (AvgIpc) is 3.01. The molecule has 5 rings (SSSR count). The van der Waals surface area contributed by atoms with Gasteiger partial charge >= 0.3 is 0 Å². The Bertz CT molecular complexity index is 1620. The molecule has 0 unspecified atom stereocenters. The number of nitrogens with one attached hydrogen (secondary N) is 4. The molecular weight excluding hydrogens is 587 g/mol. The molecule has 4 N–H and O–H groups in total. The minimum atomic E-state index is -0.534. The predicted molar refractivity (Wildman–Crippen MR) is 174 cm³/mol. The number of nitrogens with zero attached hydrogens (tertiary/aromatic N) is 4. The maximum atomic E-state index is 13.5. The normalized spacial score (nSPS) is 13.2. The molecular formula is C31H30Cl2N8O2. The fraction of sp³-hybridized carbons (Fsp3) is 0.161. The quantitative estimate of drug-likeness (QED) is 0.160. The lowest BCUT2D eigenvalue weighted by molar-refractivity contribution is -0.111. The summed E-state index contributed by atoms with van der Waals surface area (Å²) < 4.78 is 0. The molecule has 0 spiro atoms. The van der Waals surface area contributed by atoms with Gasteiger partial charge in [0.25, 0.3) is 5.91 Å². The van der Waals surface area contributed by atoms with Gasteiger partial charge in [0.2, 0.25) is 11.9 Å². The molecule has 2 amide bonds. The third kappa shape index (κ3) is 7.42. The van der Waals surface area contributed by atoms with Crippen molar-refractivity contribution in [2.45, 2.75) is 0 Å². The summed E-state index contributed by atoms with van der Waals surface area (Å²) in [6.07, 6.45) is 2.58. The van der Waals surface area contributed by atoms with E-state index >= 15 is 0 Å².